The second kappa shape index (κ2) is 5.40. The van der Waals surface area contributed by atoms with Crippen molar-refractivity contribution in [2.45, 2.75) is 13.0 Å². The number of hydrazine groups is 1. The van der Waals surface area contributed by atoms with Gasteiger partial charge >= 0.3 is 0 Å². The first-order chi connectivity index (χ1) is 9.69. The topological polar surface area (TPSA) is 51.2 Å². The molecule has 0 spiro atoms. The minimum absolute atomic E-state index is 0.183. The standard InChI is InChI=1S/C16H15BrN2O/c1-10-6-7-12(13(17)8-10)16(19-18)15-9-11-4-2-3-5-14(11)20-15/h2-9,16,19H,18H2,1H3. The zero-order chi connectivity index (χ0) is 14.1. The van der Waals surface area contributed by atoms with Crippen LogP contribution in [0.25, 0.3) is 11.0 Å². The minimum Gasteiger partial charge on any atom is -0.459 e. The van der Waals surface area contributed by atoms with Gasteiger partial charge in [-0.05, 0) is 36.2 Å². The van der Waals surface area contributed by atoms with Crippen LogP contribution >= 0.6 is 15.9 Å². The molecule has 0 aliphatic carbocycles. The molecule has 0 aliphatic rings. The van der Waals surface area contributed by atoms with Crippen molar-refractivity contribution >= 4 is 26.9 Å². The van der Waals surface area contributed by atoms with E-state index in [1.807, 2.05) is 30.3 Å². The predicted molar refractivity (Wildman–Crippen MR) is 84.3 cm³/mol. The molecule has 0 aliphatic heterocycles. The first-order valence-electron chi connectivity index (χ1n) is 6.39. The van der Waals surface area contributed by atoms with Crippen LogP contribution in [0.3, 0.4) is 0 Å². The van der Waals surface area contributed by atoms with Crippen LogP contribution in [0.2, 0.25) is 0 Å². The molecule has 0 fully saturated rings. The molecule has 0 amide bonds. The first-order valence-corrected chi connectivity index (χ1v) is 7.19. The number of nitrogens with one attached hydrogen (secondary N) is 1. The van der Waals surface area contributed by atoms with Gasteiger partial charge in [0.25, 0.3) is 0 Å². The molecule has 1 atom stereocenters. The average Bonchev–Trinajstić information content (AvgIpc) is 2.85. The fourth-order valence-corrected chi connectivity index (χ4v) is 3.06. The summed E-state index contributed by atoms with van der Waals surface area (Å²) in [5.41, 5.74) is 5.95. The Morgan fingerprint density at radius 2 is 1.95 bits per heavy atom. The molecule has 3 nitrogen and oxygen atoms in total. The van der Waals surface area contributed by atoms with Crippen molar-refractivity contribution in [2.75, 3.05) is 0 Å². The number of rotatable bonds is 3. The maximum Gasteiger partial charge on any atom is 0.134 e. The molecule has 0 radical (unpaired) electrons. The Morgan fingerprint density at radius 1 is 1.15 bits per heavy atom. The maximum absolute atomic E-state index is 5.90. The molecule has 1 heterocycles. The molecule has 20 heavy (non-hydrogen) atoms. The van der Waals surface area contributed by atoms with E-state index < -0.39 is 0 Å². The van der Waals surface area contributed by atoms with Crippen molar-refractivity contribution in [1.82, 2.24) is 5.43 Å². The van der Waals surface area contributed by atoms with Crippen LogP contribution in [-0.2, 0) is 0 Å². The number of benzene rings is 2. The van der Waals surface area contributed by atoms with Crippen molar-refractivity contribution in [2.24, 2.45) is 5.84 Å². The molecule has 1 unspecified atom stereocenters. The fraction of sp³-hybridized carbons (Fsp3) is 0.125. The smallest absolute Gasteiger partial charge is 0.134 e. The molecule has 3 rings (SSSR count). The molecule has 0 bridgehead atoms. The van der Waals surface area contributed by atoms with Crippen LogP contribution in [0.15, 0.2) is 57.4 Å². The lowest BCUT2D eigenvalue weighted by Crippen LogP contribution is -2.28. The van der Waals surface area contributed by atoms with E-state index >= 15 is 0 Å². The molecule has 4 heteroatoms. The van der Waals surface area contributed by atoms with Gasteiger partial charge in [0.05, 0.1) is 0 Å². The number of para-hydroxylation sites is 1. The summed E-state index contributed by atoms with van der Waals surface area (Å²) in [6, 6.07) is 16.0. The monoisotopic (exact) mass is 330 g/mol. The van der Waals surface area contributed by atoms with E-state index in [-0.39, 0.29) is 6.04 Å². The van der Waals surface area contributed by atoms with Gasteiger partial charge in [0, 0.05) is 9.86 Å². The lowest BCUT2D eigenvalue weighted by molar-refractivity contribution is 0.476. The SMILES string of the molecule is Cc1ccc(C(NN)c2cc3ccccc3o2)c(Br)c1. The van der Waals surface area contributed by atoms with Crippen molar-refractivity contribution in [3.05, 3.63) is 69.9 Å². The van der Waals surface area contributed by atoms with Crippen LogP contribution in [0.4, 0.5) is 0 Å². The Bertz CT molecular complexity index is 718. The van der Waals surface area contributed by atoms with Gasteiger partial charge in [0.1, 0.15) is 17.4 Å². The van der Waals surface area contributed by atoms with Crippen molar-refractivity contribution in [1.29, 1.82) is 0 Å². The summed E-state index contributed by atoms with van der Waals surface area (Å²) in [4.78, 5) is 0. The molecule has 3 N–H and O–H groups in total. The zero-order valence-corrected chi connectivity index (χ0v) is 12.6. The number of halogens is 1. The summed E-state index contributed by atoms with van der Waals surface area (Å²) in [7, 11) is 0. The number of furan rings is 1. The van der Waals surface area contributed by atoms with Gasteiger partial charge in [-0.25, -0.2) is 5.43 Å². The maximum atomic E-state index is 5.90. The summed E-state index contributed by atoms with van der Waals surface area (Å²) < 4.78 is 6.91. The summed E-state index contributed by atoms with van der Waals surface area (Å²) in [5, 5.41) is 1.07. The number of hydrogen-bond donors (Lipinski definition) is 2. The third kappa shape index (κ3) is 2.38. The normalized spacial score (nSPS) is 12.8. The lowest BCUT2D eigenvalue weighted by atomic mass is 10.0. The third-order valence-electron chi connectivity index (χ3n) is 3.36. The van der Waals surface area contributed by atoms with Gasteiger partial charge in [0.15, 0.2) is 0 Å². The molecule has 0 saturated heterocycles. The Balaban J connectivity index is 2.08. The molecule has 0 saturated carbocycles. The van der Waals surface area contributed by atoms with Crippen molar-refractivity contribution in [3.8, 4) is 0 Å². The van der Waals surface area contributed by atoms with E-state index in [9.17, 15) is 0 Å². The largest absolute Gasteiger partial charge is 0.459 e. The first kappa shape index (κ1) is 13.4. The molecule has 3 aromatic rings. The lowest BCUT2D eigenvalue weighted by Gasteiger charge is -2.15. The number of fused-ring (bicyclic) bond motifs is 1. The van der Waals surface area contributed by atoms with Crippen LogP contribution in [0.5, 0.6) is 0 Å². The van der Waals surface area contributed by atoms with Gasteiger partial charge in [-0.1, -0.05) is 46.3 Å². The van der Waals surface area contributed by atoms with E-state index in [1.165, 1.54) is 5.56 Å². The highest BCUT2D eigenvalue weighted by Gasteiger charge is 2.19. The molecular weight excluding hydrogens is 316 g/mol. The Morgan fingerprint density at radius 3 is 2.65 bits per heavy atom. The Hall–Kier alpha value is -1.62. The van der Waals surface area contributed by atoms with Gasteiger partial charge in [-0.2, -0.15) is 0 Å². The highest BCUT2D eigenvalue weighted by atomic mass is 79.9. The van der Waals surface area contributed by atoms with Gasteiger partial charge in [0.2, 0.25) is 0 Å². The minimum atomic E-state index is -0.183. The van der Waals surface area contributed by atoms with Crippen LogP contribution < -0.4 is 11.3 Å². The third-order valence-corrected chi connectivity index (χ3v) is 4.05. The Labute approximate surface area is 125 Å². The van der Waals surface area contributed by atoms with E-state index in [0.717, 1.165) is 26.8 Å². The van der Waals surface area contributed by atoms with Gasteiger partial charge in [-0.3, -0.25) is 5.84 Å². The van der Waals surface area contributed by atoms with E-state index in [4.69, 9.17) is 10.3 Å². The molecule has 1 aromatic heterocycles. The van der Waals surface area contributed by atoms with Crippen molar-refractivity contribution in [3.63, 3.8) is 0 Å². The molecule has 2 aromatic carbocycles. The number of aryl methyl sites for hydroxylation is 1. The van der Waals surface area contributed by atoms with Gasteiger partial charge in [-0.15, -0.1) is 0 Å². The summed E-state index contributed by atoms with van der Waals surface area (Å²) in [5.74, 6) is 6.54. The van der Waals surface area contributed by atoms with E-state index in [0.29, 0.717) is 0 Å². The summed E-state index contributed by atoms with van der Waals surface area (Å²) >= 11 is 3.59. The number of hydrogen-bond acceptors (Lipinski definition) is 3. The average molecular weight is 331 g/mol. The Kier molecular flexibility index (Phi) is 3.61. The quantitative estimate of drug-likeness (QED) is 0.562. The zero-order valence-electron chi connectivity index (χ0n) is 11.1. The number of nitrogens with two attached hydrogens (primary N) is 1. The summed E-state index contributed by atoms with van der Waals surface area (Å²) in [6.45, 7) is 2.06. The van der Waals surface area contributed by atoms with E-state index in [2.05, 4.69) is 46.5 Å². The van der Waals surface area contributed by atoms with Crippen LogP contribution in [0, 0.1) is 6.92 Å². The van der Waals surface area contributed by atoms with Crippen molar-refractivity contribution < 1.29 is 4.42 Å². The second-order valence-corrected chi connectivity index (χ2v) is 5.67. The van der Waals surface area contributed by atoms with Crippen LogP contribution in [0.1, 0.15) is 22.9 Å². The highest BCUT2D eigenvalue weighted by molar-refractivity contribution is 9.10. The van der Waals surface area contributed by atoms with E-state index in [1.54, 1.807) is 0 Å². The highest BCUT2D eigenvalue weighted by Crippen LogP contribution is 2.32. The predicted octanol–water partition coefficient (Wildman–Crippen LogP) is 4.06. The van der Waals surface area contributed by atoms with Crippen LogP contribution in [-0.4, -0.2) is 0 Å². The fourth-order valence-electron chi connectivity index (χ4n) is 2.34. The molecule has 102 valence electrons. The molecular formula is C16H15BrN2O. The summed E-state index contributed by atoms with van der Waals surface area (Å²) in [6.07, 6.45) is 0. The second-order valence-electron chi connectivity index (χ2n) is 4.81. The van der Waals surface area contributed by atoms with Gasteiger partial charge < -0.3 is 4.42 Å².